The molecule has 1 fully saturated rings. The van der Waals surface area contributed by atoms with Crippen LogP contribution in [0.2, 0.25) is 0 Å². The van der Waals surface area contributed by atoms with E-state index in [0.717, 1.165) is 5.56 Å². The second kappa shape index (κ2) is 9.15. The monoisotopic (exact) mass is 539 g/mol. The van der Waals surface area contributed by atoms with Crippen LogP contribution in [0.1, 0.15) is 30.0 Å². The summed E-state index contributed by atoms with van der Waals surface area (Å²) in [5, 5.41) is 48.5. The van der Waals surface area contributed by atoms with Gasteiger partial charge in [-0.1, -0.05) is 19.1 Å². The first-order chi connectivity index (χ1) is 18.4. The van der Waals surface area contributed by atoms with Gasteiger partial charge in [0.25, 0.3) is 5.91 Å². The van der Waals surface area contributed by atoms with Crippen LogP contribution < -0.4 is 11.1 Å². The molecule has 0 saturated heterocycles. The zero-order valence-corrected chi connectivity index (χ0v) is 21.7. The van der Waals surface area contributed by atoms with Gasteiger partial charge in [0, 0.05) is 34.4 Å². The van der Waals surface area contributed by atoms with Crippen molar-refractivity contribution in [3.05, 3.63) is 57.6 Å². The van der Waals surface area contributed by atoms with Crippen LogP contribution in [0, 0.1) is 17.7 Å². The Kier molecular flexibility index (Phi) is 6.28. The van der Waals surface area contributed by atoms with Gasteiger partial charge in [-0.3, -0.25) is 19.3 Å². The lowest BCUT2D eigenvalue weighted by Crippen LogP contribution is -2.65. The Morgan fingerprint density at radius 3 is 2.51 bits per heavy atom. The number of aliphatic hydroxyl groups excluding tert-OH is 2. The lowest BCUT2D eigenvalue weighted by atomic mass is 9.57. The first-order valence-corrected chi connectivity index (χ1v) is 12.7. The number of aromatic hydroxyl groups is 1. The van der Waals surface area contributed by atoms with E-state index in [0.29, 0.717) is 13.1 Å². The zero-order chi connectivity index (χ0) is 28.5. The third-order valence-corrected chi connectivity index (χ3v) is 8.27. The second-order valence-electron chi connectivity index (χ2n) is 10.6. The number of rotatable bonds is 5. The summed E-state index contributed by atoms with van der Waals surface area (Å²) < 4.78 is 15.9. The number of ketones is 2. The van der Waals surface area contributed by atoms with Crippen molar-refractivity contribution in [2.24, 2.45) is 17.6 Å². The number of phenols is 1. The standard InChI is InChI=1S/C28H30FN3O7/c1-4-31-10-11-5-6-13-14(7-11)22(33)18-15(20(13)29)8-12-9-16-21(32(2)3)24(35)19(27(30)38)26(37)28(16,39)25(36)17(12)23(18)34/h5-7,12,16,21,31,33-34,37,39H,4,8-10H2,1-3H3,(H2,30,38)/t12-,16-,21-,28-/m0/s1. The highest BCUT2D eigenvalue weighted by molar-refractivity contribution is 6.24. The molecule has 2 aromatic carbocycles. The molecule has 10 nitrogen and oxygen atoms in total. The average molecular weight is 540 g/mol. The first-order valence-electron chi connectivity index (χ1n) is 12.7. The van der Waals surface area contributed by atoms with Gasteiger partial charge in [-0.2, -0.15) is 0 Å². The number of aliphatic hydroxyl groups is 3. The van der Waals surface area contributed by atoms with Gasteiger partial charge in [-0.15, -0.1) is 0 Å². The Balaban J connectivity index is 1.74. The van der Waals surface area contributed by atoms with Gasteiger partial charge in [-0.25, -0.2) is 4.39 Å². The lowest BCUT2D eigenvalue weighted by molar-refractivity contribution is -0.153. The van der Waals surface area contributed by atoms with Crippen molar-refractivity contribution < 1.29 is 39.2 Å². The van der Waals surface area contributed by atoms with Crippen LogP contribution in [0.5, 0.6) is 5.75 Å². The van der Waals surface area contributed by atoms with Crippen LogP contribution in [-0.4, -0.2) is 75.1 Å². The zero-order valence-electron chi connectivity index (χ0n) is 21.7. The smallest absolute Gasteiger partial charge is 0.255 e. The number of nitrogens with one attached hydrogen (secondary N) is 1. The minimum absolute atomic E-state index is 0.00468. The molecule has 3 aliphatic rings. The molecule has 39 heavy (non-hydrogen) atoms. The number of benzene rings is 2. The van der Waals surface area contributed by atoms with E-state index in [2.05, 4.69) is 5.32 Å². The Labute approximate surface area is 223 Å². The van der Waals surface area contributed by atoms with Crippen molar-refractivity contribution in [2.45, 2.75) is 38.0 Å². The van der Waals surface area contributed by atoms with Gasteiger partial charge in [-0.05, 0) is 51.0 Å². The van der Waals surface area contributed by atoms with E-state index >= 15 is 4.39 Å². The summed E-state index contributed by atoms with van der Waals surface area (Å²) in [6, 6.07) is 3.67. The SMILES string of the molecule is CCNCc1ccc2c(F)c3c(c(O)c2c1)C(O)=C1C(=O)[C@]2(O)C(O)=C(C(N)=O)C(=O)[C@@H](N(C)C)[C@@H]2C[C@@H]1C3. The van der Waals surface area contributed by atoms with Crippen LogP contribution in [0.3, 0.4) is 0 Å². The first kappa shape index (κ1) is 26.8. The lowest BCUT2D eigenvalue weighted by Gasteiger charge is -2.50. The molecule has 0 aliphatic heterocycles. The largest absolute Gasteiger partial charge is 0.508 e. The van der Waals surface area contributed by atoms with E-state index in [-0.39, 0.29) is 40.3 Å². The number of carbonyl (C=O) groups excluding carboxylic acids is 3. The molecule has 0 spiro atoms. The number of halogens is 1. The maximum absolute atomic E-state index is 15.9. The van der Waals surface area contributed by atoms with Gasteiger partial charge in [0.1, 0.15) is 28.7 Å². The summed E-state index contributed by atoms with van der Waals surface area (Å²) in [5.41, 5.74) is 1.89. The van der Waals surface area contributed by atoms with Gasteiger partial charge >= 0.3 is 0 Å². The summed E-state index contributed by atoms with van der Waals surface area (Å²) in [5.74, 6) is -8.32. The van der Waals surface area contributed by atoms with Crippen molar-refractivity contribution in [2.75, 3.05) is 20.6 Å². The van der Waals surface area contributed by atoms with E-state index in [1.54, 1.807) is 18.2 Å². The fourth-order valence-electron chi connectivity index (χ4n) is 6.49. The maximum Gasteiger partial charge on any atom is 0.255 e. The molecule has 1 amide bonds. The summed E-state index contributed by atoms with van der Waals surface area (Å²) >= 11 is 0. The Morgan fingerprint density at radius 1 is 1.21 bits per heavy atom. The minimum atomic E-state index is -2.74. The number of hydrogen-bond acceptors (Lipinski definition) is 9. The molecular formula is C28H30FN3O7. The number of carbonyl (C=O) groups is 3. The number of fused-ring (bicyclic) bond motifs is 4. The number of phenolic OH excluding ortho intramolecular Hbond substituents is 1. The van der Waals surface area contributed by atoms with Gasteiger partial charge in [0.05, 0.1) is 11.6 Å². The highest BCUT2D eigenvalue weighted by atomic mass is 19.1. The fraction of sp³-hybridized carbons (Fsp3) is 0.393. The molecule has 0 heterocycles. The van der Waals surface area contributed by atoms with Crippen molar-refractivity contribution in [1.29, 1.82) is 0 Å². The molecule has 7 N–H and O–H groups in total. The van der Waals surface area contributed by atoms with Crippen molar-refractivity contribution in [3.63, 3.8) is 0 Å². The van der Waals surface area contributed by atoms with E-state index in [1.165, 1.54) is 19.0 Å². The number of hydrogen-bond donors (Lipinski definition) is 6. The fourth-order valence-corrected chi connectivity index (χ4v) is 6.49. The topological polar surface area (TPSA) is 173 Å². The highest BCUT2D eigenvalue weighted by Crippen LogP contribution is 2.53. The molecule has 3 aliphatic carbocycles. The molecule has 0 radical (unpaired) electrons. The second-order valence-corrected chi connectivity index (χ2v) is 10.6. The molecule has 11 heteroatoms. The molecule has 1 saturated carbocycles. The predicted octanol–water partition coefficient (Wildman–Crippen LogP) is 1.37. The number of nitrogens with zero attached hydrogens (tertiary/aromatic N) is 1. The predicted molar refractivity (Wildman–Crippen MR) is 139 cm³/mol. The number of Topliss-reactive ketones (excluding diaryl/α,β-unsaturated/α-hetero) is 2. The summed E-state index contributed by atoms with van der Waals surface area (Å²) in [4.78, 5) is 40.5. The molecule has 0 unspecified atom stereocenters. The van der Waals surface area contributed by atoms with Crippen molar-refractivity contribution in [3.8, 4) is 5.75 Å². The highest BCUT2D eigenvalue weighted by Gasteiger charge is 2.64. The van der Waals surface area contributed by atoms with Crippen LogP contribution in [-0.2, 0) is 27.3 Å². The van der Waals surface area contributed by atoms with Crippen LogP contribution in [0.15, 0.2) is 35.1 Å². The maximum atomic E-state index is 15.9. The Morgan fingerprint density at radius 2 is 1.90 bits per heavy atom. The number of likely N-dealkylation sites (N-methyl/N-ethyl adjacent to an activating group) is 1. The van der Waals surface area contributed by atoms with Crippen molar-refractivity contribution >= 4 is 34.0 Å². The normalized spacial score (nSPS) is 26.7. The number of nitrogens with two attached hydrogens (primary N) is 1. The molecule has 0 bridgehead atoms. The van der Waals surface area contributed by atoms with E-state index < -0.39 is 69.6 Å². The van der Waals surface area contributed by atoms with Crippen molar-refractivity contribution in [1.82, 2.24) is 10.2 Å². The van der Waals surface area contributed by atoms with Crippen LogP contribution in [0.25, 0.3) is 16.5 Å². The third kappa shape index (κ3) is 3.60. The van der Waals surface area contributed by atoms with Gasteiger partial charge < -0.3 is 31.5 Å². The van der Waals surface area contributed by atoms with E-state index in [9.17, 15) is 34.8 Å². The Bertz CT molecular complexity index is 1530. The summed E-state index contributed by atoms with van der Waals surface area (Å²) in [6.07, 6.45) is -0.214. The van der Waals surface area contributed by atoms with E-state index in [1.807, 2.05) is 6.92 Å². The molecule has 206 valence electrons. The molecule has 5 rings (SSSR count). The molecule has 4 atom stereocenters. The third-order valence-electron chi connectivity index (χ3n) is 8.27. The number of amides is 1. The minimum Gasteiger partial charge on any atom is -0.508 e. The van der Waals surface area contributed by atoms with Crippen LogP contribution >= 0.6 is 0 Å². The van der Waals surface area contributed by atoms with Crippen LogP contribution in [0.4, 0.5) is 4.39 Å². The molecule has 0 aromatic heterocycles. The summed E-state index contributed by atoms with van der Waals surface area (Å²) in [7, 11) is 3.03. The van der Waals surface area contributed by atoms with E-state index in [4.69, 9.17) is 5.73 Å². The summed E-state index contributed by atoms with van der Waals surface area (Å²) in [6.45, 7) is 3.09. The molecule has 2 aromatic rings. The average Bonchev–Trinajstić information content (AvgIpc) is 2.87. The molecular weight excluding hydrogens is 509 g/mol. The van der Waals surface area contributed by atoms with Gasteiger partial charge in [0.15, 0.2) is 11.4 Å². The Hall–Kier alpha value is -3.80. The number of primary amides is 1. The van der Waals surface area contributed by atoms with Gasteiger partial charge in [0.2, 0.25) is 5.78 Å². The quantitative estimate of drug-likeness (QED) is 0.307.